The van der Waals surface area contributed by atoms with Crippen molar-refractivity contribution in [1.82, 2.24) is 29.7 Å². The summed E-state index contributed by atoms with van der Waals surface area (Å²) in [5, 5.41) is 8.92. The van der Waals surface area contributed by atoms with Crippen LogP contribution in [0.4, 0.5) is 5.82 Å². The minimum absolute atomic E-state index is 0.394. The molecule has 1 saturated heterocycles. The quantitative estimate of drug-likeness (QED) is 0.496. The minimum Gasteiger partial charge on any atom is -0.377 e. The molecule has 6 rings (SSSR count). The van der Waals surface area contributed by atoms with Crippen LogP contribution in [0.15, 0.2) is 54.9 Å². The highest BCUT2D eigenvalue weighted by molar-refractivity contribution is 5.78. The third-order valence-electron chi connectivity index (χ3n) is 6.49. The van der Waals surface area contributed by atoms with Crippen LogP contribution in [0.5, 0.6) is 0 Å². The zero-order chi connectivity index (χ0) is 21.7. The van der Waals surface area contributed by atoms with Gasteiger partial charge >= 0.3 is 0 Å². The van der Waals surface area contributed by atoms with Crippen LogP contribution in [-0.4, -0.2) is 49.5 Å². The van der Waals surface area contributed by atoms with Gasteiger partial charge in [0.05, 0.1) is 25.1 Å². The first kappa shape index (κ1) is 19.1. The third-order valence-corrected chi connectivity index (χ3v) is 6.49. The number of pyridine rings is 1. The summed E-state index contributed by atoms with van der Waals surface area (Å²) >= 11 is 0. The predicted molar refractivity (Wildman–Crippen MR) is 120 cm³/mol. The van der Waals surface area contributed by atoms with Gasteiger partial charge in [0.2, 0.25) is 0 Å². The van der Waals surface area contributed by atoms with E-state index < -0.39 is 5.54 Å². The number of morpholine rings is 1. The van der Waals surface area contributed by atoms with E-state index in [0.717, 1.165) is 52.9 Å². The summed E-state index contributed by atoms with van der Waals surface area (Å²) in [5.41, 5.74) is 3.32. The molecule has 8 heteroatoms. The smallest absolute Gasteiger partial charge is 0.166 e. The molecule has 2 aliphatic rings. The van der Waals surface area contributed by atoms with Crippen LogP contribution < -0.4 is 4.90 Å². The van der Waals surface area contributed by atoms with Crippen LogP contribution in [0.2, 0.25) is 0 Å². The van der Waals surface area contributed by atoms with Crippen molar-refractivity contribution in [2.24, 2.45) is 0 Å². The minimum atomic E-state index is -0.394. The highest BCUT2D eigenvalue weighted by Crippen LogP contribution is 2.45. The normalized spacial score (nSPS) is 19.2. The molecule has 0 amide bonds. The maximum atomic E-state index is 5.93. The molecule has 0 saturated carbocycles. The zero-order valence-corrected chi connectivity index (χ0v) is 18.1. The fourth-order valence-electron chi connectivity index (χ4n) is 4.85. The van der Waals surface area contributed by atoms with E-state index in [1.165, 1.54) is 0 Å². The van der Waals surface area contributed by atoms with E-state index in [9.17, 15) is 0 Å². The third kappa shape index (κ3) is 2.62. The van der Waals surface area contributed by atoms with Crippen molar-refractivity contribution in [3.8, 4) is 28.3 Å². The lowest BCUT2D eigenvalue weighted by atomic mass is 9.90. The van der Waals surface area contributed by atoms with E-state index in [-0.39, 0.29) is 0 Å². The standard InChI is InChI=1S/C24H23N7O/c1-3-24-15-32-13-12-30(24)22-19(31-16(2)28-29-23(24)31)14-26-21(27-22)18-10-7-11-25-20(18)17-8-5-4-6-9-17/h4-11,14H,3,12-13,15H2,1-2H3/t24-/m0/s1. The van der Waals surface area contributed by atoms with E-state index >= 15 is 0 Å². The Labute approximate surface area is 186 Å². The number of hydrogen-bond acceptors (Lipinski definition) is 7. The number of aryl methyl sites for hydroxylation is 1. The molecule has 0 spiro atoms. The van der Waals surface area contributed by atoms with Crippen LogP contribution >= 0.6 is 0 Å². The van der Waals surface area contributed by atoms with Crippen LogP contribution in [-0.2, 0) is 10.3 Å². The van der Waals surface area contributed by atoms with Gasteiger partial charge in [0.15, 0.2) is 17.5 Å². The molecule has 3 aromatic heterocycles. The Morgan fingerprint density at radius 1 is 1.06 bits per heavy atom. The molecule has 0 unspecified atom stereocenters. The number of aromatic nitrogens is 6. The monoisotopic (exact) mass is 425 g/mol. The van der Waals surface area contributed by atoms with Gasteiger partial charge in [-0.3, -0.25) is 9.55 Å². The van der Waals surface area contributed by atoms with Crippen LogP contribution in [0.3, 0.4) is 0 Å². The maximum absolute atomic E-state index is 5.93. The van der Waals surface area contributed by atoms with Crippen molar-refractivity contribution in [3.05, 3.63) is 66.5 Å². The Morgan fingerprint density at radius 2 is 1.94 bits per heavy atom. The van der Waals surface area contributed by atoms with E-state index in [0.29, 0.717) is 19.0 Å². The molecule has 1 aromatic carbocycles. The van der Waals surface area contributed by atoms with Crippen molar-refractivity contribution in [3.63, 3.8) is 0 Å². The Kier molecular flexibility index (Phi) is 4.29. The molecule has 160 valence electrons. The van der Waals surface area contributed by atoms with Gasteiger partial charge in [-0.25, -0.2) is 9.97 Å². The first-order chi connectivity index (χ1) is 15.7. The van der Waals surface area contributed by atoms with Gasteiger partial charge in [-0.2, -0.15) is 0 Å². The van der Waals surface area contributed by atoms with E-state index in [2.05, 4.69) is 43.7 Å². The Bertz CT molecular complexity index is 1300. The fraction of sp³-hybridized carbons (Fsp3) is 0.292. The van der Waals surface area contributed by atoms with Gasteiger partial charge in [-0.15, -0.1) is 10.2 Å². The van der Waals surface area contributed by atoms with Gasteiger partial charge in [0.25, 0.3) is 0 Å². The number of nitrogens with zero attached hydrogens (tertiary/aromatic N) is 7. The molecule has 2 aliphatic heterocycles. The highest BCUT2D eigenvalue weighted by Gasteiger charge is 2.49. The Morgan fingerprint density at radius 3 is 2.78 bits per heavy atom. The van der Waals surface area contributed by atoms with Crippen LogP contribution in [0.1, 0.15) is 25.0 Å². The SMILES string of the molecule is CC[C@@]12COCCN1c1nc(-c3cccnc3-c3ccccc3)ncc1-n1c(C)nnc12. The summed E-state index contributed by atoms with van der Waals surface area (Å²) in [6.45, 7) is 6.07. The van der Waals surface area contributed by atoms with Gasteiger partial charge in [0, 0.05) is 23.9 Å². The average Bonchev–Trinajstić information content (AvgIpc) is 3.26. The molecular formula is C24H23N7O. The van der Waals surface area contributed by atoms with E-state index in [4.69, 9.17) is 14.7 Å². The molecule has 1 fully saturated rings. The van der Waals surface area contributed by atoms with Gasteiger partial charge < -0.3 is 9.64 Å². The average molecular weight is 425 g/mol. The summed E-state index contributed by atoms with van der Waals surface area (Å²) in [6, 6.07) is 14.1. The molecular weight excluding hydrogens is 402 g/mol. The second-order valence-electron chi connectivity index (χ2n) is 8.16. The van der Waals surface area contributed by atoms with Crippen molar-refractivity contribution in [1.29, 1.82) is 0 Å². The predicted octanol–water partition coefficient (Wildman–Crippen LogP) is 3.55. The van der Waals surface area contributed by atoms with Crippen molar-refractivity contribution < 1.29 is 4.74 Å². The largest absolute Gasteiger partial charge is 0.377 e. The summed E-state index contributed by atoms with van der Waals surface area (Å²) in [4.78, 5) is 16.9. The molecule has 0 radical (unpaired) electrons. The molecule has 1 atom stereocenters. The van der Waals surface area contributed by atoms with Crippen molar-refractivity contribution >= 4 is 5.82 Å². The molecule has 5 heterocycles. The lowest BCUT2D eigenvalue weighted by Crippen LogP contribution is -2.58. The zero-order valence-electron chi connectivity index (χ0n) is 18.1. The lowest BCUT2D eigenvalue weighted by molar-refractivity contribution is 0.0390. The van der Waals surface area contributed by atoms with Gasteiger partial charge in [-0.05, 0) is 25.5 Å². The second-order valence-corrected chi connectivity index (χ2v) is 8.16. The van der Waals surface area contributed by atoms with Gasteiger partial charge in [0.1, 0.15) is 17.1 Å². The lowest BCUT2D eigenvalue weighted by Gasteiger charge is -2.49. The maximum Gasteiger partial charge on any atom is 0.166 e. The summed E-state index contributed by atoms with van der Waals surface area (Å²) < 4.78 is 8.01. The topological polar surface area (TPSA) is 81.9 Å². The van der Waals surface area contributed by atoms with Crippen LogP contribution in [0.25, 0.3) is 28.3 Å². The number of hydrogen-bond donors (Lipinski definition) is 0. The molecule has 8 nitrogen and oxygen atoms in total. The molecule has 0 aliphatic carbocycles. The Balaban J connectivity index is 1.57. The first-order valence-corrected chi connectivity index (χ1v) is 10.9. The number of anilines is 1. The Hall–Kier alpha value is -3.65. The number of rotatable bonds is 3. The van der Waals surface area contributed by atoms with E-state index in [1.54, 1.807) is 6.20 Å². The highest BCUT2D eigenvalue weighted by atomic mass is 16.5. The van der Waals surface area contributed by atoms with Gasteiger partial charge in [-0.1, -0.05) is 37.3 Å². The first-order valence-electron chi connectivity index (χ1n) is 10.9. The summed E-state index contributed by atoms with van der Waals surface area (Å²) in [5.74, 6) is 3.26. The number of ether oxygens (including phenoxy) is 1. The number of fused-ring (bicyclic) bond motifs is 6. The molecule has 0 N–H and O–H groups in total. The molecule has 32 heavy (non-hydrogen) atoms. The van der Waals surface area contributed by atoms with E-state index in [1.807, 2.05) is 43.5 Å². The van der Waals surface area contributed by atoms with Crippen LogP contribution in [0, 0.1) is 6.92 Å². The summed E-state index contributed by atoms with van der Waals surface area (Å²) in [7, 11) is 0. The van der Waals surface area contributed by atoms with Crippen molar-refractivity contribution in [2.75, 3.05) is 24.7 Å². The van der Waals surface area contributed by atoms with Crippen molar-refractivity contribution in [2.45, 2.75) is 25.8 Å². The summed E-state index contributed by atoms with van der Waals surface area (Å²) in [6.07, 6.45) is 4.53. The molecule has 0 bridgehead atoms. The second kappa shape index (κ2) is 7.20. The number of benzene rings is 1. The molecule has 4 aromatic rings. The fourth-order valence-corrected chi connectivity index (χ4v) is 4.85.